The summed E-state index contributed by atoms with van der Waals surface area (Å²) >= 11 is 0. The van der Waals surface area contributed by atoms with Crippen LogP contribution >= 0.6 is 0 Å². The summed E-state index contributed by atoms with van der Waals surface area (Å²) in [5.41, 5.74) is 1.70. The zero-order valence-corrected chi connectivity index (χ0v) is 18.1. The number of hydrogen-bond donors (Lipinski definition) is 2. The fraction of sp³-hybridized carbons (Fsp3) is 0.478. The van der Waals surface area contributed by atoms with Crippen molar-refractivity contribution in [2.24, 2.45) is 10.9 Å². The van der Waals surface area contributed by atoms with Crippen LogP contribution in [0.1, 0.15) is 24.8 Å². The molecule has 9 heteroatoms. The van der Waals surface area contributed by atoms with E-state index in [1.54, 1.807) is 31.4 Å². The second kappa shape index (κ2) is 10.5. The van der Waals surface area contributed by atoms with Gasteiger partial charge in [-0.3, -0.25) is 4.99 Å². The molecule has 2 aromatic rings. The lowest BCUT2D eigenvalue weighted by Crippen LogP contribution is -2.44. The third-order valence-electron chi connectivity index (χ3n) is 5.60. The maximum absolute atomic E-state index is 12.7. The molecule has 1 saturated carbocycles. The maximum Gasteiger partial charge on any atom is 0.387 e. The Labute approximate surface area is 186 Å². The van der Waals surface area contributed by atoms with Crippen molar-refractivity contribution < 1.29 is 18.3 Å². The van der Waals surface area contributed by atoms with Crippen molar-refractivity contribution in [2.75, 3.05) is 31.6 Å². The minimum Gasteiger partial charge on any atom is -0.477 e. The van der Waals surface area contributed by atoms with Crippen molar-refractivity contribution in [2.45, 2.75) is 38.5 Å². The van der Waals surface area contributed by atoms with Gasteiger partial charge in [-0.25, -0.2) is 4.98 Å². The van der Waals surface area contributed by atoms with E-state index in [1.807, 2.05) is 23.1 Å². The van der Waals surface area contributed by atoms with Gasteiger partial charge in [0.15, 0.2) is 5.96 Å². The van der Waals surface area contributed by atoms with Crippen LogP contribution in [-0.2, 0) is 6.54 Å². The molecule has 7 nitrogen and oxygen atoms in total. The highest BCUT2D eigenvalue weighted by Gasteiger charge is 2.26. The molecule has 0 radical (unpaired) electrons. The summed E-state index contributed by atoms with van der Waals surface area (Å²) in [7, 11) is 1.72. The van der Waals surface area contributed by atoms with Gasteiger partial charge < -0.3 is 25.0 Å². The lowest BCUT2D eigenvalue weighted by molar-refractivity contribution is -0.0495. The van der Waals surface area contributed by atoms with Crippen LogP contribution in [0.2, 0.25) is 0 Å². The summed E-state index contributed by atoms with van der Waals surface area (Å²) in [4.78, 5) is 10.7. The van der Waals surface area contributed by atoms with Crippen LogP contribution in [0.15, 0.2) is 47.6 Å². The van der Waals surface area contributed by atoms with E-state index in [0.29, 0.717) is 36.5 Å². The fourth-order valence-corrected chi connectivity index (χ4v) is 3.67. The van der Waals surface area contributed by atoms with Crippen LogP contribution in [-0.4, -0.2) is 50.3 Å². The van der Waals surface area contributed by atoms with E-state index in [9.17, 15) is 8.78 Å². The Hall–Kier alpha value is -3.10. The lowest BCUT2D eigenvalue weighted by Gasteiger charge is -2.22. The number of anilines is 1. The Morgan fingerprint density at radius 2 is 2.06 bits per heavy atom. The molecule has 172 valence electrons. The molecule has 0 spiro atoms. The Kier molecular flexibility index (Phi) is 7.24. The Morgan fingerprint density at radius 3 is 2.78 bits per heavy atom. The molecule has 1 aromatic carbocycles. The molecule has 0 amide bonds. The van der Waals surface area contributed by atoms with Crippen molar-refractivity contribution >= 4 is 11.6 Å². The topological polar surface area (TPSA) is 71.0 Å². The molecule has 1 aromatic heterocycles. The second-order valence-electron chi connectivity index (χ2n) is 8.11. The highest BCUT2D eigenvalue weighted by molar-refractivity contribution is 5.80. The van der Waals surface area contributed by atoms with Crippen LogP contribution in [0.4, 0.5) is 14.5 Å². The number of nitrogens with one attached hydrogen (secondary N) is 2. The molecule has 1 unspecified atom stereocenters. The highest BCUT2D eigenvalue weighted by atomic mass is 19.3. The zero-order chi connectivity index (χ0) is 22.3. The number of pyridine rings is 1. The number of benzene rings is 1. The zero-order valence-electron chi connectivity index (χ0n) is 18.1. The van der Waals surface area contributed by atoms with Gasteiger partial charge in [-0.05, 0) is 42.9 Å². The monoisotopic (exact) mass is 445 g/mol. The van der Waals surface area contributed by atoms with E-state index in [4.69, 9.17) is 4.74 Å². The summed E-state index contributed by atoms with van der Waals surface area (Å²) < 4.78 is 35.8. The molecule has 2 fully saturated rings. The van der Waals surface area contributed by atoms with Gasteiger partial charge in [-0.15, -0.1) is 0 Å². The van der Waals surface area contributed by atoms with Crippen molar-refractivity contribution in [1.29, 1.82) is 0 Å². The largest absolute Gasteiger partial charge is 0.477 e. The number of ether oxygens (including phenoxy) is 2. The third kappa shape index (κ3) is 6.21. The van der Waals surface area contributed by atoms with Crippen molar-refractivity contribution in [3.63, 3.8) is 0 Å². The summed E-state index contributed by atoms with van der Waals surface area (Å²) in [5, 5.41) is 6.71. The molecule has 1 aliphatic carbocycles. The average Bonchev–Trinajstić information content (AvgIpc) is 3.52. The fourth-order valence-electron chi connectivity index (χ4n) is 3.67. The second-order valence-corrected chi connectivity index (χ2v) is 8.11. The van der Waals surface area contributed by atoms with Crippen LogP contribution in [0.25, 0.3) is 0 Å². The van der Waals surface area contributed by atoms with Crippen molar-refractivity contribution in [3.8, 4) is 11.6 Å². The number of alkyl halides is 2. The van der Waals surface area contributed by atoms with Gasteiger partial charge in [-0.2, -0.15) is 8.78 Å². The predicted octanol–water partition coefficient (Wildman–Crippen LogP) is 3.42. The molecule has 2 heterocycles. The summed E-state index contributed by atoms with van der Waals surface area (Å²) in [6.45, 7) is -0.109. The lowest BCUT2D eigenvalue weighted by atomic mass is 10.2. The number of guanidine groups is 1. The molecule has 32 heavy (non-hydrogen) atoms. The third-order valence-corrected chi connectivity index (χ3v) is 5.60. The van der Waals surface area contributed by atoms with E-state index in [2.05, 4.69) is 25.3 Å². The summed E-state index contributed by atoms with van der Waals surface area (Å²) in [6, 6.07) is 10.9. The molecule has 2 N–H and O–H groups in total. The van der Waals surface area contributed by atoms with E-state index in [-0.39, 0.29) is 11.8 Å². The normalized spacial score (nSPS) is 18.7. The van der Waals surface area contributed by atoms with Gasteiger partial charge in [0.1, 0.15) is 5.75 Å². The standard InChI is InChI=1S/C23H29F2N5O2/c1-26-23(28-13-17-8-9-21(27-12-17)31-15-16-6-7-16)29-18-10-11-30(14-18)19-4-2-3-5-20(19)32-22(24)25/h2-5,8-9,12,16,18,22H,6-7,10-11,13-15H2,1H3,(H2,26,28,29). The number of aliphatic imine (C=N–C) groups is 1. The Bertz CT molecular complexity index is 906. The van der Waals surface area contributed by atoms with E-state index in [1.165, 1.54) is 12.8 Å². The van der Waals surface area contributed by atoms with Crippen molar-refractivity contribution in [1.82, 2.24) is 15.6 Å². The molecule has 2 aliphatic rings. The Balaban J connectivity index is 1.25. The maximum atomic E-state index is 12.7. The van der Waals surface area contributed by atoms with E-state index >= 15 is 0 Å². The first-order valence-electron chi connectivity index (χ1n) is 10.9. The number of aromatic nitrogens is 1. The predicted molar refractivity (Wildman–Crippen MR) is 119 cm³/mol. The Morgan fingerprint density at radius 1 is 1.22 bits per heavy atom. The number of halogens is 2. The average molecular weight is 446 g/mol. The molecule has 1 saturated heterocycles. The van der Waals surface area contributed by atoms with E-state index < -0.39 is 6.61 Å². The first-order chi connectivity index (χ1) is 15.6. The van der Waals surface area contributed by atoms with Crippen LogP contribution in [0.5, 0.6) is 11.6 Å². The summed E-state index contributed by atoms with van der Waals surface area (Å²) in [5.74, 6) is 2.24. The number of nitrogens with zero attached hydrogens (tertiary/aromatic N) is 3. The molecule has 4 rings (SSSR count). The van der Waals surface area contributed by atoms with Crippen LogP contribution in [0.3, 0.4) is 0 Å². The summed E-state index contributed by atoms with van der Waals surface area (Å²) in [6.07, 6.45) is 5.17. The molecule has 1 atom stereocenters. The van der Waals surface area contributed by atoms with Crippen LogP contribution in [0, 0.1) is 5.92 Å². The smallest absolute Gasteiger partial charge is 0.387 e. The van der Waals surface area contributed by atoms with E-state index in [0.717, 1.165) is 25.1 Å². The van der Waals surface area contributed by atoms with Gasteiger partial charge in [0, 0.05) is 45.0 Å². The van der Waals surface area contributed by atoms with Gasteiger partial charge in [0.05, 0.1) is 12.3 Å². The minimum atomic E-state index is -2.84. The quantitative estimate of drug-likeness (QED) is 0.455. The molecule has 1 aliphatic heterocycles. The molecule has 0 bridgehead atoms. The molecular weight excluding hydrogens is 416 g/mol. The minimum absolute atomic E-state index is 0.136. The SMILES string of the molecule is CN=C(NCc1ccc(OCC2CC2)nc1)NC1CCN(c2ccccc2OC(F)F)C1. The molecular formula is C23H29F2N5O2. The van der Waals surface area contributed by atoms with Gasteiger partial charge in [-0.1, -0.05) is 18.2 Å². The number of hydrogen-bond acceptors (Lipinski definition) is 5. The van der Waals surface area contributed by atoms with Crippen LogP contribution < -0.4 is 25.0 Å². The number of rotatable bonds is 9. The first-order valence-corrected chi connectivity index (χ1v) is 10.9. The van der Waals surface area contributed by atoms with Gasteiger partial charge in [0.2, 0.25) is 5.88 Å². The van der Waals surface area contributed by atoms with Gasteiger partial charge >= 0.3 is 6.61 Å². The van der Waals surface area contributed by atoms with Crippen molar-refractivity contribution in [3.05, 3.63) is 48.2 Å². The van der Waals surface area contributed by atoms with Gasteiger partial charge in [0.25, 0.3) is 0 Å². The first kappa shape index (κ1) is 22.1. The number of para-hydroxylation sites is 2. The highest BCUT2D eigenvalue weighted by Crippen LogP contribution is 2.32.